The maximum absolute atomic E-state index is 12.2. The first kappa shape index (κ1) is 16.0. The van der Waals surface area contributed by atoms with Crippen molar-refractivity contribution in [2.45, 2.75) is 45.2 Å². The lowest BCUT2D eigenvalue weighted by Gasteiger charge is -2.35. The zero-order valence-corrected chi connectivity index (χ0v) is 13.7. The van der Waals surface area contributed by atoms with Crippen LogP contribution in [0.2, 0.25) is 0 Å². The number of nitrogens with zero attached hydrogens (tertiary/aromatic N) is 4. The van der Waals surface area contributed by atoms with Gasteiger partial charge in [-0.05, 0) is 46.2 Å². The molecule has 118 valence electrons. The lowest BCUT2D eigenvalue weighted by Crippen LogP contribution is -2.44. The second kappa shape index (κ2) is 6.60. The van der Waals surface area contributed by atoms with E-state index in [1.165, 1.54) is 6.42 Å². The first-order valence-electron chi connectivity index (χ1n) is 7.82. The SMILES string of the molecule is CN(C[C@@H]1CCN(C)C1(C)C)C(=O)CCCn1ccnc1. The Morgan fingerprint density at radius 2 is 2.24 bits per heavy atom. The molecule has 0 saturated carbocycles. The second-order valence-electron chi connectivity index (χ2n) is 6.74. The van der Waals surface area contributed by atoms with Gasteiger partial charge in [0, 0.05) is 44.5 Å². The van der Waals surface area contributed by atoms with Gasteiger partial charge in [-0.25, -0.2) is 4.98 Å². The molecule has 2 heterocycles. The van der Waals surface area contributed by atoms with Crippen LogP contribution in [-0.2, 0) is 11.3 Å². The summed E-state index contributed by atoms with van der Waals surface area (Å²) in [6, 6.07) is 0. The van der Waals surface area contributed by atoms with E-state index in [2.05, 4.69) is 30.8 Å². The van der Waals surface area contributed by atoms with Crippen LogP contribution in [0, 0.1) is 5.92 Å². The van der Waals surface area contributed by atoms with Gasteiger partial charge in [-0.1, -0.05) is 0 Å². The molecule has 0 aromatic carbocycles. The molecular formula is C16H28N4O. The van der Waals surface area contributed by atoms with E-state index in [1.54, 1.807) is 12.5 Å². The summed E-state index contributed by atoms with van der Waals surface area (Å²) < 4.78 is 2.02. The molecule has 0 radical (unpaired) electrons. The van der Waals surface area contributed by atoms with Gasteiger partial charge in [0.2, 0.25) is 5.91 Å². The minimum Gasteiger partial charge on any atom is -0.345 e. The lowest BCUT2D eigenvalue weighted by molar-refractivity contribution is -0.130. The molecule has 1 aromatic heterocycles. The molecule has 1 saturated heterocycles. The van der Waals surface area contributed by atoms with Gasteiger partial charge >= 0.3 is 0 Å². The van der Waals surface area contributed by atoms with Crippen LogP contribution in [0.25, 0.3) is 0 Å². The van der Waals surface area contributed by atoms with Crippen molar-refractivity contribution in [2.24, 2.45) is 5.92 Å². The first-order valence-corrected chi connectivity index (χ1v) is 7.82. The van der Waals surface area contributed by atoms with E-state index in [-0.39, 0.29) is 11.4 Å². The summed E-state index contributed by atoms with van der Waals surface area (Å²) in [7, 11) is 4.11. The van der Waals surface area contributed by atoms with Crippen molar-refractivity contribution in [3.05, 3.63) is 18.7 Å². The summed E-state index contributed by atoms with van der Waals surface area (Å²) in [4.78, 5) is 20.6. The number of hydrogen-bond donors (Lipinski definition) is 0. The van der Waals surface area contributed by atoms with E-state index in [4.69, 9.17) is 0 Å². The van der Waals surface area contributed by atoms with Crippen molar-refractivity contribution in [1.82, 2.24) is 19.4 Å². The van der Waals surface area contributed by atoms with Gasteiger partial charge in [-0.15, -0.1) is 0 Å². The molecule has 0 spiro atoms. The average Bonchev–Trinajstić information content (AvgIpc) is 3.02. The molecular weight excluding hydrogens is 264 g/mol. The van der Waals surface area contributed by atoms with Gasteiger partial charge in [-0.2, -0.15) is 0 Å². The first-order chi connectivity index (χ1) is 9.91. The largest absolute Gasteiger partial charge is 0.345 e. The van der Waals surface area contributed by atoms with E-state index in [1.807, 2.05) is 22.7 Å². The molecule has 0 aliphatic carbocycles. The van der Waals surface area contributed by atoms with Gasteiger partial charge in [0.15, 0.2) is 0 Å². The number of carbonyl (C=O) groups excluding carboxylic acids is 1. The second-order valence-corrected chi connectivity index (χ2v) is 6.74. The van der Waals surface area contributed by atoms with Crippen LogP contribution in [0.5, 0.6) is 0 Å². The standard InChI is InChI=1S/C16H28N4O/c1-16(2)14(7-10-19(16)4)12-18(3)15(21)6-5-9-20-11-8-17-13-20/h8,11,13-14H,5-7,9-10,12H2,1-4H3/t14-/m0/s1. The van der Waals surface area contributed by atoms with Crippen molar-refractivity contribution >= 4 is 5.91 Å². The van der Waals surface area contributed by atoms with Gasteiger partial charge < -0.3 is 14.4 Å². The van der Waals surface area contributed by atoms with Crippen molar-refractivity contribution in [3.8, 4) is 0 Å². The van der Waals surface area contributed by atoms with Crippen LogP contribution >= 0.6 is 0 Å². The van der Waals surface area contributed by atoms with Crippen molar-refractivity contribution < 1.29 is 4.79 Å². The fourth-order valence-corrected chi connectivity index (χ4v) is 3.07. The van der Waals surface area contributed by atoms with E-state index in [9.17, 15) is 4.79 Å². The topological polar surface area (TPSA) is 41.4 Å². The van der Waals surface area contributed by atoms with E-state index in [0.717, 1.165) is 26.1 Å². The summed E-state index contributed by atoms with van der Waals surface area (Å²) in [5.41, 5.74) is 0.186. The van der Waals surface area contributed by atoms with Gasteiger partial charge in [0.1, 0.15) is 0 Å². The Kier molecular flexibility index (Phi) is 5.04. The summed E-state index contributed by atoms with van der Waals surface area (Å²) in [5.74, 6) is 0.811. The minimum absolute atomic E-state index is 0.186. The van der Waals surface area contributed by atoms with Crippen LogP contribution in [0.3, 0.4) is 0 Å². The molecule has 21 heavy (non-hydrogen) atoms. The summed E-state index contributed by atoms with van der Waals surface area (Å²) in [5, 5.41) is 0. The highest BCUT2D eigenvalue weighted by atomic mass is 16.2. The third-order valence-corrected chi connectivity index (χ3v) is 5.08. The minimum atomic E-state index is 0.186. The zero-order chi connectivity index (χ0) is 15.5. The molecule has 5 heteroatoms. The Bertz CT molecular complexity index is 455. The number of hydrogen-bond acceptors (Lipinski definition) is 3. The fourth-order valence-electron chi connectivity index (χ4n) is 3.07. The number of rotatable bonds is 6. The molecule has 1 aliphatic heterocycles. The molecule has 0 N–H and O–H groups in total. The third-order valence-electron chi connectivity index (χ3n) is 5.08. The predicted molar refractivity (Wildman–Crippen MR) is 83.9 cm³/mol. The molecule has 2 rings (SSSR count). The van der Waals surface area contributed by atoms with Crippen molar-refractivity contribution in [1.29, 1.82) is 0 Å². The normalized spacial score (nSPS) is 21.6. The highest BCUT2D eigenvalue weighted by Gasteiger charge is 2.39. The molecule has 1 fully saturated rings. The Hall–Kier alpha value is -1.36. The van der Waals surface area contributed by atoms with Crippen LogP contribution < -0.4 is 0 Å². The smallest absolute Gasteiger partial charge is 0.222 e. The molecule has 1 atom stereocenters. The van der Waals surface area contributed by atoms with Gasteiger partial charge in [-0.3, -0.25) is 4.79 Å². The number of amides is 1. The average molecular weight is 292 g/mol. The molecule has 0 unspecified atom stereocenters. The molecule has 5 nitrogen and oxygen atoms in total. The van der Waals surface area contributed by atoms with Crippen LogP contribution in [-0.4, -0.2) is 58.0 Å². The maximum atomic E-state index is 12.2. The number of aryl methyl sites for hydroxylation is 1. The fraction of sp³-hybridized carbons (Fsp3) is 0.750. The third kappa shape index (κ3) is 3.84. The number of aromatic nitrogens is 2. The Labute approximate surface area is 127 Å². The van der Waals surface area contributed by atoms with Crippen LogP contribution in [0.15, 0.2) is 18.7 Å². The predicted octanol–water partition coefficient (Wildman–Crippen LogP) is 1.85. The Balaban J connectivity index is 1.75. The number of likely N-dealkylation sites (tertiary alicyclic amines) is 1. The lowest BCUT2D eigenvalue weighted by atomic mass is 9.88. The van der Waals surface area contributed by atoms with Crippen molar-refractivity contribution in [3.63, 3.8) is 0 Å². The highest BCUT2D eigenvalue weighted by molar-refractivity contribution is 5.75. The molecule has 1 amide bonds. The summed E-state index contributed by atoms with van der Waals surface area (Å²) in [6.45, 7) is 7.41. The molecule has 1 aliphatic rings. The summed E-state index contributed by atoms with van der Waals surface area (Å²) in [6.07, 6.45) is 8.16. The van der Waals surface area contributed by atoms with E-state index >= 15 is 0 Å². The quantitative estimate of drug-likeness (QED) is 0.803. The Morgan fingerprint density at radius 3 is 2.81 bits per heavy atom. The van der Waals surface area contributed by atoms with Gasteiger partial charge in [0.05, 0.1) is 6.33 Å². The van der Waals surface area contributed by atoms with Crippen LogP contribution in [0.4, 0.5) is 0 Å². The summed E-state index contributed by atoms with van der Waals surface area (Å²) >= 11 is 0. The monoisotopic (exact) mass is 292 g/mol. The number of carbonyl (C=O) groups is 1. The number of imidazole rings is 1. The Morgan fingerprint density at radius 1 is 1.48 bits per heavy atom. The highest BCUT2D eigenvalue weighted by Crippen LogP contribution is 2.33. The maximum Gasteiger partial charge on any atom is 0.222 e. The molecule has 0 bridgehead atoms. The van der Waals surface area contributed by atoms with Crippen LogP contribution in [0.1, 0.15) is 33.1 Å². The van der Waals surface area contributed by atoms with E-state index < -0.39 is 0 Å². The molecule has 1 aromatic rings. The van der Waals surface area contributed by atoms with Crippen molar-refractivity contribution in [2.75, 3.05) is 27.2 Å². The zero-order valence-electron chi connectivity index (χ0n) is 13.7. The van der Waals surface area contributed by atoms with E-state index in [0.29, 0.717) is 12.3 Å². The van der Waals surface area contributed by atoms with Gasteiger partial charge in [0.25, 0.3) is 0 Å².